The lowest BCUT2D eigenvalue weighted by Crippen LogP contribution is -2.37. The average Bonchev–Trinajstić information content (AvgIpc) is 3.02. The van der Waals surface area contributed by atoms with Gasteiger partial charge in [-0.1, -0.05) is 42.0 Å². The minimum atomic E-state index is -0.903. The predicted octanol–water partition coefficient (Wildman–Crippen LogP) is 3.29. The van der Waals surface area contributed by atoms with Gasteiger partial charge < -0.3 is 5.11 Å². The highest BCUT2D eigenvalue weighted by Crippen LogP contribution is 2.49. The molecule has 0 aliphatic heterocycles. The first-order valence-electron chi connectivity index (χ1n) is 10.2. The average molecular weight is 413 g/mol. The van der Waals surface area contributed by atoms with Gasteiger partial charge in [0.05, 0.1) is 11.1 Å². The van der Waals surface area contributed by atoms with Crippen LogP contribution in [0.2, 0.25) is 0 Å². The number of pyridine rings is 1. The molecule has 5 rings (SSSR count). The zero-order chi connectivity index (χ0) is 22.2. The first-order valence-corrected chi connectivity index (χ1v) is 10.2. The Morgan fingerprint density at radius 3 is 2.26 bits per heavy atom. The van der Waals surface area contributed by atoms with E-state index in [9.17, 15) is 14.7 Å². The molecule has 6 heteroatoms. The van der Waals surface area contributed by atoms with Crippen molar-refractivity contribution >= 4 is 11.0 Å². The number of aryl methyl sites for hydroxylation is 4. The van der Waals surface area contributed by atoms with Crippen LogP contribution in [0.25, 0.3) is 33.4 Å². The second kappa shape index (κ2) is 6.49. The number of hydrogen-bond acceptors (Lipinski definition) is 4. The molecular formula is C25H23N3O3. The minimum Gasteiger partial charge on any atom is -0.384 e. The van der Waals surface area contributed by atoms with E-state index in [1.54, 1.807) is 7.05 Å². The van der Waals surface area contributed by atoms with Gasteiger partial charge in [-0.3, -0.25) is 13.9 Å². The maximum Gasteiger partial charge on any atom is 0.332 e. The summed E-state index contributed by atoms with van der Waals surface area (Å²) in [6, 6.07) is 11.7. The van der Waals surface area contributed by atoms with Gasteiger partial charge in [0.25, 0.3) is 5.56 Å². The zero-order valence-electron chi connectivity index (χ0n) is 18.1. The van der Waals surface area contributed by atoms with Crippen LogP contribution >= 0.6 is 0 Å². The summed E-state index contributed by atoms with van der Waals surface area (Å²) < 4.78 is 2.51. The largest absolute Gasteiger partial charge is 0.384 e. The molecule has 0 amide bonds. The number of aliphatic hydroxyl groups excluding tert-OH is 1. The van der Waals surface area contributed by atoms with E-state index in [4.69, 9.17) is 4.98 Å². The number of hydrogen-bond donors (Lipinski definition) is 1. The molecule has 2 heterocycles. The van der Waals surface area contributed by atoms with Crippen LogP contribution < -0.4 is 11.2 Å². The van der Waals surface area contributed by atoms with Crippen LogP contribution in [0.5, 0.6) is 0 Å². The van der Waals surface area contributed by atoms with E-state index in [2.05, 4.69) is 12.1 Å². The summed E-state index contributed by atoms with van der Waals surface area (Å²) in [5.41, 5.74) is 7.00. The van der Waals surface area contributed by atoms with Crippen molar-refractivity contribution in [1.82, 2.24) is 14.1 Å². The number of benzene rings is 2. The second-order valence-electron chi connectivity index (χ2n) is 8.42. The summed E-state index contributed by atoms with van der Waals surface area (Å²) in [5.74, 6) is 0. The fraction of sp³-hybridized carbons (Fsp3) is 0.240. The van der Waals surface area contributed by atoms with Gasteiger partial charge in [-0.05, 0) is 43.0 Å². The van der Waals surface area contributed by atoms with E-state index < -0.39 is 17.4 Å². The lowest BCUT2D eigenvalue weighted by atomic mass is 9.88. The molecule has 0 spiro atoms. The van der Waals surface area contributed by atoms with Gasteiger partial charge in [0.15, 0.2) is 5.65 Å². The summed E-state index contributed by atoms with van der Waals surface area (Å²) in [4.78, 5) is 30.8. The SMILES string of the molecule is Cc1cc(C)c(-c2c3c(nc4c2c(=O)n(C)c(=O)n4C)-c2ccccc2[C@H]3O)c(C)c1. The lowest BCUT2D eigenvalue weighted by molar-refractivity contribution is 0.225. The highest BCUT2D eigenvalue weighted by Gasteiger charge is 2.35. The van der Waals surface area contributed by atoms with Crippen LogP contribution in [-0.4, -0.2) is 19.2 Å². The molecule has 1 atom stereocenters. The molecule has 2 aromatic heterocycles. The molecule has 0 unspecified atom stereocenters. The molecular weight excluding hydrogens is 390 g/mol. The molecule has 0 radical (unpaired) electrons. The molecule has 2 aromatic carbocycles. The fourth-order valence-electron chi connectivity index (χ4n) is 5.01. The van der Waals surface area contributed by atoms with E-state index in [1.165, 1.54) is 11.6 Å². The molecule has 1 aliphatic rings. The quantitative estimate of drug-likeness (QED) is 0.520. The Labute approximate surface area is 179 Å². The molecule has 0 bridgehead atoms. The predicted molar refractivity (Wildman–Crippen MR) is 121 cm³/mol. The van der Waals surface area contributed by atoms with Crippen LogP contribution in [0.1, 0.15) is 33.9 Å². The Morgan fingerprint density at radius 1 is 0.935 bits per heavy atom. The van der Waals surface area contributed by atoms with Gasteiger partial charge in [0, 0.05) is 30.8 Å². The third kappa shape index (κ3) is 2.51. The van der Waals surface area contributed by atoms with Gasteiger partial charge in [-0.15, -0.1) is 0 Å². The summed E-state index contributed by atoms with van der Waals surface area (Å²) >= 11 is 0. The first-order chi connectivity index (χ1) is 14.7. The topological polar surface area (TPSA) is 77.1 Å². The Hall–Kier alpha value is -3.51. The smallest absolute Gasteiger partial charge is 0.332 e. The van der Waals surface area contributed by atoms with E-state index in [1.807, 2.05) is 45.0 Å². The highest BCUT2D eigenvalue weighted by atomic mass is 16.3. The normalized spacial score (nSPS) is 14.7. The number of nitrogens with zero attached hydrogens (tertiary/aromatic N) is 3. The second-order valence-corrected chi connectivity index (χ2v) is 8.42. The van der Waals surface area contributed by atoms with Crippen molar-refractivity contribution in [2.24, 2.45) is 14.1 Å². The lowest BCUT2D eigenvalue weighted by Gasteiger charge is -2.20. The van der Waals surface area contributed by atoms with Gasteiger partial charge in [0.2, 0.25) is 0 Å². The van der Waals surface area contributed by atoms with Gasteiger partial charge in [-0.25, -0.2) is 9.78 Å². The van der Waals surface area contributed by atoms with Crippen molar-refractivity contribution in [2.75, 3.05) is 0 Å². The van der Waals surface area contributed by atoms with Crippen LogP contribution in [0.3, 0.4) is 0 Å². The van der Waals surface area contributed by atoms with Gasteiger partial charge in [0.1, 0.15) is 6.10 Å². The van der Waals surface area contributed by atoms with Crippen molar-refractivity contribution in [3.8, 4) is 22.4 Å². The van der Waals surface area contributed by atoms with Crippen molar-refractivity contribution in [1.29, 1.82) is 0 Å². The number of aliphatic hydroxyl groups is 1. The first kappa shape index (κ1) is 19.5. The van der Waals surface area contributed by atoms with E-state index in [-0.39, 0.29) is 0 Å². The zero-order valence-corrected chi connectivity index (χ0v) is 18.1. The van der Waals surface area contributed by atoms with Crippen LogP contribution in [0, 0.1) is 20.8 Å². The van der Waals surface area contributed by atoms with Crippen molar-refractivity contribution < 1.29 is 5.11 Å². The number of rotatable bonds is 1. The van der Waals surface area contributed by atoms with E-state index >= 15 is 0 Å². The number of aromatic nitrogens is 3. The van der Waals surface area contributed by atoms with Crippen molar-refractivity contribution in [3.05, 3.63) is 85.1 Å². The third-order valence-corrected chi connectivity index (χ3v) is 6.34. The van der Waals surface area contributed by atoms with E-state index in [0.717, 1.165) is 37.9 Å². The Morgan fingerprint density at radius 2 is 1.58 bits per heavy atom. The summed E-state index contributed by atoms with van der Waals surface area (Å²) in [6.07, 6.45) is -0.903. The molecule has 6 nitrogen and oxygen atoms in total. The van der Waals surface area contributed by atoms with Crippen LogP contribution in [0.15, 0.2) is 46.0 Å². The van der Waals surface area contributed by atoms with E-state index in [0.29, 0.717) is 27.9 Å². The van der Waals surface area contributed by atoms with Crippen molar-refractivity contribution in [3.63, 3.8) is 0 Å². The Bertz CT molecular complexity index is 1520. The molecule has 0 saturated carbocycles. The molecule has 156 valence electrons. The molecule has 31 heavy (non-hydrogen) atoms. The number of fused-ring (bicyclic) bond motifs is 4. The summed E-state index contributed by atoms with van der Waals surface area (Å²) in [7, 11) is 3.10. The fourth-order valence-corrected chi connectivity index (χ4v) is 5.01. The van der Waals surface area contributed by atoms with Gasteiger partial charge >= 0.3 is 5.69 Å². The van der Waals surface area contributed by atoms with Crippen molar-refractivity contribution in [2.45, 2.75) is 26.9 Å². The highest BCUT2D eigenvalue weighted by molar-refractivity contribution is 6.01. The molecule has 4 aromatic rings. The monoisotopic (exact) mass is 413 g/mol. The van der Waals surface area contributed by atoms with Crippen LogP contribution in [0.4, 0.5) is 0 Å². The molecule has 0 saturated heterocycles. The van der Waals surface area contributed by atoms with Gasteiger partial charge in [-0.2, -0.15) is 0 Å². The maximum atomic E-state index is 13.4. The minimum absolute atomic E-state index is 0.324. The van der Waals surface area contributed by atoms with Crippen LogP contribution in [-0.2, 0) is 14.1 Å². The molecule has 0 fully saturated rings. The molecule has 1 aliphatic carbocycles. The third-order valence-electron chi connectivity index (χ3n) is 6.34. The summed E-state index contributed by atoms with van der Waals surface area (Å²) in [6.45, 7) is 6.05. The molecule has 1 N–H and O–H groups in total. The Balaban J connectivity index is 2.10. The maximum absolute atomic E-state index is 13.4. The Kier molecular flexibility index (Phi) is 4.07. The summed E-state index contributed by atoms with van der Waals surface area (Å²) in [5, 5.41) is 11.7. The standard InChI is InChI=1S/C25H23N3O3/c1-12-10-13(2)17(14(3)11-12)18-19-21(15-8-6-7-9-16(15)22(19)29)26-23-20(18)24(30)28(5)25(31)27(23)4/h6-11,22,29H,1-5H3/t22-/m1/s1.